The lowest BCUT2D eigenvalue weighted by molar-refractivity contribution is -0.274. The molecular weight excluding hydrogens is 377 g/mol. The Morgan fingerprint density at radius 1 is 1.11 bits per heavy atom. The molecule has 144 valence electrons. The van der Waals surface area contributed by atoms with E-state index in [1.165, 1.54) is 16.8 Å². The van der Waals surface area contributed by atoms with E-state index >= 15 is 0 Å². The van der Waals surface area contributed by atoms with Gasteiger partial charge < -0.3 is 4.74 Å². The minimum atomic E-state index is -4.80. The molecule has 1 N–H and O–H groups in total. The topological polar surface area (TPSA) is 86.1 Å². The summed E-state index contributed by atoms with van der Waals surface area (Å²) < 4.78 is 41.7. The Balaban J connectivity index is 1.73. The number of anilines is 1. The Kier molecular flexibility index (Phi) is 5.12. The van der Waals surface area contributed by atoms with Gasteiger partial charge in [0.05, 0.1) is 0 Å². The zero-order chi connectivity index (χ0) is 20.3. The van der Waals surface area contributed by atoms with Crippen LogP contribution in [0.1, 0.15) is 20.7 Å². The van der Waals surface area contributed by atoms with E-state index in [4.69, 9.17) is 0 Å². The Labute approximate surface area is 156 Å². The van der Waals surface area contributed by atoms with Gasteiger partial charge in [0, 0.05) is 23.7 Å². The number of carbonyl (C=O) groups is 2. The number of hydrogen-bond donors (Lipinski definition) is 1. The van der Waals surface area contributed by atoms with Crippen molar-refractivity contribution in [3.05, 3.63) is 59.7 Å². The largest absolute Gasteiger partial charge is 0.573 e. The molecule has 0 unspecified atom stereocenters. The number of hydrogen-bond acceptors (Lipinski definition) is 5. The van der Waals surface area contributed by atoms with Crippen molar-refractivity contribution in [1.82, 2.24) is 14.8 Å². The molecule has 0 aliphatic heterocycles. The molecule has 3 aromatic rings. The van der Waals surface area contributed by atoms with E-state index in [1.54, 1.807) is 31.3 Å². The molecule has 3 rings (SSSR count). The third kappa shape index (κ3) is 4.53. The summed E-state index contributed by atoms with van der Waals surface area (Å²) in [6.07, 6.45) is -4.09. The van der Waals surface area contributed by atoms with Gasteiger partial charge in [-0.15, -0.1) is 18.3 Å². The molecule has 0 saturated heterocycles. The van der Waals surface area contributed by atoms with Crippen LogP contribution in [0.4, 0.5) is 19.1 Å². The van der Waals surface area contributed by atoms with Gasteiger partial charge >= 0.3 is 6.36 Å². The molecule has 0 atom stereocenters. The first-order valence-corrected chi connectivity index (χ1v) is 7.89. The smallest absolute Gasteiger partial charge is 0.406 e. The Morgan fingerprint density at radius 3 is 2.32 bits per heavy atom. The molecule has 0 radical (unpaired) electrons. The lowest BCUT2D eigenvalue weighted by atomic mass is 10.1. The van der Waals surface area contributed by atoms with Gasteiger partial charge in [0.2, 0.25) is 5.95 Å². The van der Waals surface area contributed by atoms with Crippen LogP contribution in [0.15, 0.2) is 48.5 Å². The monoisotopic (exact) mass is 390 g/mol. The van der Waals surface area contributed by atoms with Gasteiger partial charge in [0.1, 0.15) is 12.0 Å². The number of benzene rings is 2. The summed E-state index contributed by atoms with van der Waals surface area (Å²) in [6, 6.07) is 11.0. The van der Waals surface area contributed by atoms with Crippen molar-refractivity contribution >= 4 is 18.1 Å². The zero-order valence-corrected chi connectivity index (χ0v) is 14.4. The van der Waals surface area contributed by atoms with Gasteiger partial charge in [0.15, 0.2) is 5.82 Å². The number of aryl methyl sites for hydroxylation is 1. The van der Waals surface area contributed by atoms with Crippen molar-refractivity contribution < 1.29 is 27.5 Å². The molecule has 1 amide bonds. The Hall–Kier alpha value is -3.69. The van der Waals surface area contributed by atoms with Crippen LogP contribution in [0.2, 0.25) is 0 Å². The van der Waals surface area contributed by atoms with Crippen LogP contribution >= 0.6 is 0 Å². The van der Waals surface area contributed by atoms with Crippen LogP contribution in [0.5, 0.6) is 5.75 Å². The van der Waals surface area contributed by atoms with Crippen LogP contribution in [0.3, 0.4) is 0 Å². The van der Waals surface area contributed by atoms with Crippen molar-refractivity contribution in [3.8, 4) is 17.1 Å². The Bertz CT molecular complexity index is 996. The maximum Gasteiger partial charge on any atom is 0.573 e. The first-order valence-electron chi connectivity index (χ1n) is 7.89. The van der Waals surface area contributed by atoms with Crippen molar-refractivity contribution in [2.75, 3.05) is 5.32 Å². The van der Waals surface area contributed by atoms with Crippen molar-refractivity contribution in [2.24, 2.45) is 7.05 Å². The Morgan fingerprint density at radius 2 is 1.75 bits per heavy atom. The van der Waals surface area contributed by atoms with E-state index in [9.17, 15) is 22.8 Å². The summed E-state index contributed by atoms with van der Waals surface area (Å²) in [4.78, 5) is 27.2. The molecule has 7 nitrogen and oxygen atoms in total. The third-order valence-electron chi connectivity index (χ3n) is 3.64. The number of ether oxygens (including phenoxy) is 1. The lowest BCUT2D eigenvalue weighted by Crippen LogP contribution is -2.18. The van der Waals surface area contributed by atoms with Gasteiger partial charge in [-0.25, -0.2) is 4.68 Å². The predicted molar refractivity (Wildman–Crippen MR) is 92.9 cm³/mol. The highest BCUT2D eigenvalue weighted by atomic mass is 19.4. The average molecular weight is 390 g/mol. The molecule has 10 heteroatoms. The second-order valence-corrected chi connectivity index (χ2v) is 5.65. The predicted octanol–water partition coefficient (Wildman–Crippen LogP) is 3.45. The number of rotatable bonds is 5. The van der Waals surface area contributed by atoms with E-state index in [2.05, 4.69) is 20.1 Å². The van der Waals surface area contributed by atoms with E-state index in [-0.39, 0.29) is 11.5 Å². The van der Waals surface area contributed by atoms with Crippen LogP contribution in [-0.2, 0) is 7.05 Å². The number of carbonyl (C=O) groups excluding carboxylic acids is 2. The number of halogens is 3. The molecular formula is C18H13F3N4O3. The van der Waals surface area contributed by atoms with Gasteiger partial charge in [-0.1, -0.05) is 24.3 Å². The summed E-state index contributed by atoms with van der Waals surface area (Å²) in [6.45, 7) is 0. The molecule has 1 aromatic heterocycles. The molecule has 28 heavy (non-hydrogen) atoms. The van der Waals surface area contributed by atoms with E-state index in [0.29, 0.717) is 23.2 Å². The maximum atomic E-state index is 12.3. The summed E-state index contributed by atoms with van der Waals surface area (Å²) >= 11 is 0. The van der Waals surface area contributed by atoms with Crippen LogP contribution in [0, 0.1) is 0 Å². The lowest BCUT2D eigenvalue weighted by Gasteiger charge is -2.09. The van der Waals surface area contributed by atoms with Gasteiger partial charge in [-0.3, -0.25) is 14.9 Å². The fraction of sp³-hybridized carbons (Fsp3) is 0.111. The summed E-state index contributed by atoms with van der Waals surface area (Å²) in [5.74, 6) is -0.514. The standard InChI is InChI=1S/C18H13F3N4O3/c1-25-17(22-15(24-25)12-4-2-11(10-26)3-5-12)23-16(27)13-6-8-14(9-7-13)28-18(19,20)21/h2-10H,1H3,(H,22,23,24,27). The average Bonchev–Trinajstić information content (AvgIpc) is 3.01. The van der Waals surface area contributed by atoms with Gasteiger partial charge in [0.25, 0.3) is 5.91 Å². The zero-order valence-electron chi connectivity index (χ0n) is 14.4. The van der Waals surface area contributed by atoms with E-state index in [1.807, 2.05) is 0 Å². The summed E-state index contributed by atoms with van der Waals surface area (Å²) in [5.41, 5.74) is 1.27. The molecule has 0 aliphatic rings. The number of alkyl halides is 3. The summed E-state index contributed by atoms with van der Waals surface area (Å²) in [5, 5.41) is 6.73. The van der Waals surface area contributed by atoms with E-state index in [0.717, 1.165) is 12.1 Å². The second kappa shape index (κ2) is 7.51. The highest BCUT2D eigenvalue weighted by molar-refractivity contribution is 6.03. The normalized spacial score (nSPS) is 11.1. The van der Waals surface area contributed by atoms with Crippen molar-refractivity contribution in [3.63, 3.8) is 0 Å². The maximum absolute atomic E-state index is 12.3. The number of aromatic nitrogens is 3. The highest BCUT2D eigenvalue weighted by Gasteiger charge is 2.31. The fourth-order valence-corrected chi connectivity index (χ4v) is 2.31. The molecule has 0 spiro atoms. The minimum absolute atomic E-state index is 0.120. The fourth-order valence-electron chi connectivity index (χ4n) is 2.31. The molecule has 0 aliphatic carbocycles. The summed E-state index contributed by atoms with van der Waals surface area (Å²) in [7, 11) is 1.58. The van der Waals surface area contributed by atoms with Crippen LogP contribution in [-0.4, -0.2) is 33.3 Å². The van der Waals surface area contributed by atoms with Crippen LogP contribution < -0.4 is 10.1 Å². The van der Waals surface area contributed by atoms with Crippen molar-refractivity contribution in [2.45, 2.75) is 6.36 Å². The number of nitrogens with zero attached hydrogens (tertiary/aromatic N) is 3. The van der Waals surface area contributed by atoms with Crippen LogP contribution in [0.25, 0.3) is 11.4 Å². The molecule has 0 saturated carbocycles. The number of amides is 1. The number of nitrogens with one attached hydrogen (secondary N) is 1. The van der Waals surface area contributed by atoms with Gasteiger partial charge in [-0.05, 0) is 24.3 Å². The van der Waals surface area contributed by atoms with E-state index < -0.39 is 18.0 Å². The second-order valence-electron chi connectivity index (χ2n) is 5.65. The third-order valence-corrected chi connectivity index (χ3v) is 3.64. The molecule has 2 aromatic carbocycles. The molecule has 0 bridgehead atoms. The number of aldehydes is 1. The highest BCUT2D eigenvalue weighted by Crippen LogP contribution is 2.23. The first-order chi connectivity index (χ1) is 13.2. The SMILES string of the molecule is Cn1nc(-c2ccc(C=O)cc2)nc1NC(=O)c1ccc(OC(F)(F)F)cc1. The molecule has 1 heterocycles. The van der Waals surface area contributed by atoms with Crippen molar-refractivity contribution in [1.29, 1.82) is 0 Å². The minimum Gasteiger partial charge on any atom is -0.406 e. The first kappa shape index (κ1) is 19.1. The molecule has 0 fully saturated rings. The van der Waals surface area contributed by atoms with Gasteiger partial charge in [-0.2, -0.15) is 4.98 Å². The quantitative estimate of drug-likeness (QED) is 0.675.